The standard InChI is InChI=1S/C19H19N3O4S/c1-25-14-7-6-12-15(16(14)26-2)18(24)22-13(10-27-19(12)22)17(23)21-9-11-5-3-4-8-20-11/h3-8,13,19H,9-10H2,1-2H3,(H,21,23). The number of nitrogens with one attached hydrogen (secondary N) is 1. The van der Waals surface area contributed by atoms with Gasteiger partial charge >= 0.3 is 0 Å². The molecule has 0 aliphatic carbocycles. The molecule has 1 fully saturated rings. The van der Waals surface area contributed by atoms with Crippen LogP contribution in [0, 0.1) is 0 Å². The Kier molecular flexibility index (Phi) is 4.65. The molecule has 2 amide bonds. The first-order valence-electron chi connectivity index (χ1n) is 8.52. The van der Waals surface area contributed by atoms with Crippen LogP contribution in [0.3, 0.4) is 0 Å². The van der Waals surface area contributed by atoms with E-state index < -0.39 is 6.04 Å². The molecule has 0 saturated carbocycles. The van der Waals surface area contributed by atoms with Gasteiger partial charge in [-0.15, -0.1) is 11.8 Å². The van der Waals surface area contributed by atoms with Crippen molar-refractivity contribution in [2.45, 2.75) is 18.0 Å². The number of hydrogen-bond donors (Lipinski definition) is 1. The topological polar surface area (TPSA) is 80.8 Å². The van der Waals surface area contributed by atoms with E-state index in [2.05, 4.69) is 10.3 Å². The second-order valence-electron chi connectivity index (χ2n) is 6.22. The number of ether oxygens (including phenoxy) is 2. The summed E-state index contributed by atoms with van der Waals surface area (Å²) in [6.07, 6.45) is 1.68. The third-order valence-electron chi connectivity index (χ3n) is 4.77. The van der Waals surface area contributed by atoms with Crippen LogP contribution in [0.15, 0.2) is 36.5 Å². The number of rotatable bonds is 5. The number of fused-ring (bicyclic) bond motifs is 3. The predicted octanol–water partition coefficient (Wildman–Crippen LogP) is 1.98. The monoisotopic (exact) mass is 385 g/mol. The molecular weight excluding hydrogens is 366 g/mol. The quantitative estimate of drug-likeness (QED) is 0.848. The lowest BCUT2D eigenvalue weighted by molar-refractivity contribution is -0.124. The highest BCUT2D eigenvalue weighted by Crippen LogP contribution is 2.52. The van der Waals surface area contributed by atoms with Crippen LogP contribution in [-0.2, 0) is 11.3 Å². The minimum absolute atomic E-state index is 0.178. The maximum Gasteiger partial charge on any atom is 0.260 e. The summed E-state index contributed by atoms with van der Waals surface area (Å²) in [4.78, 5) is 31.7. The van der Waals surface area contributed by atoms with Gasteiger partial charge in [-0.05, 0) is 18.2 Å². The van der Waals surface area contributed by atoms with Crippen molar-refractivity contribution < 1.29 is 19.1 Å². The van der Waals surface area contributed by atoms with Crippen molar-refractivity contribution in [3.63, 3.8) is 0 Å². The lowest BCUT2D eigenvalue weighted by atomic mass is 10.1. The molecular formula is C19H19N3O4S. The minimum atomic E-state index is -0.528. The van der Waals surface area contributed by atoms with Crippen molar-refractivity contribution in [2.75, 3.05) is 20.0 Å². The van der Waals surface area contributed by atoms with Crippen LogP contribution < -0.4 is 14.8 Å². The van der Waals surface area contributed by atoms with Crippen LogP contribution in [0.25, 0.3) is 0 Å². The first-order chi connectivity index (χ1) is 13.2. The third-order valence-corrected chi connectivity index (χ3v) is 6.07. The van der Waals surface area contributed by atoms with Crippen LogP contribution in [0.4, 0.5) is 0 Å². The van der Waals surface area contributed by atoms with E-state index >= 15 is 0 Å². The van der Waals surface area contributed by atoms with Crippen molar-refractivity contribution in [3.05, 3.63) is 53.3 Å². The number of pyridine rings is 1. The molecule has 2 aliphatic heterocycles. The molecule has 0 bridgehead atoms. The smallest absolute Gasteiger partial charge is 0.260 e. The van der Waals surface area contributed by atoms with Gasteiger partial charge in [0.1, 0.15) is 11.4 Å². The summed E-state index contributed by atoms with van der Waals surface area (Å²) in [6.45, 7) is 0.331. The highest BCUT2D eigenvalue weighted by molar-refractivity contribution is 7.99. The molecule has 2 unspecified atom stereocenters. The van der Waals surface area contributed by atoms with Crippen LogP contribution in [0.5, 0.6) is 11.5 Å². The SMILES string of the molecule is COc1ccc2c(c1OC)C(=O)N1C(C(=O)NCc3ccccn3)CSC21. The Bertz CT molecular complexity index is 890. The molecule has 1 aromatic heterocycles. The largest absolute Gasteiger partial charge is 0.493 e. The average molecular weight is 385 g/mol. The fourth-order valence-corrected chi connectivity index (χ4v) is 4.95. The van der Waals surface area contributed by atoms with Gasteiger partial charge in [0.05, 0.1) is 32.0 Å². The average Bonchev–Trinajstić information content (AvgIpc) is 3.26. The van der Waals surface area contributed by atoms with E-state index in [0.717, 1.165) is 11.3 Å². The Morgan fingerprint density at radius 1 is 1.30 bits per heavy atom. The molecule has 1 saturated heterocycles. The maximum atomic E-state index is 13.1. The van der Waals surface area contributed by atoms with Crippen molar-refractivity contribution in [3.8, 4) is 11.5 Å². The molecule has 2 aromatic rings. The Hall–Kier alpha value is -2.74. The van der Waals surface area contributed by atoms with E-state index in [1.807, 2.05) is 24.3 Å². The van der Waals surface area contributed by atoms with Crippen LogP contribution >= 0.6 is 11.8 Å². The zero-order valence-electron chi connectivity index (χ0n) is 15.0. The molecule has 1 aromatic carbocycles. The van der Waals surface area contributed by atoms with Gasteiger partial charge in [-0.3, -0.25) is 14.6 Å². The maximum absolute atomic E-state index is 13.1. The molecule has 8 heteroatoms. The van der Waals surface area contributed by atoms with E-state index in [-0.39, 0.29) is 17.2 Å². The lowest BCUT2D eigenvalue weighted by Crippen LogP contribution is -2.45. The van der Waals surface area contributed by atoms with Gasteiger partial charge in [0.15, 0.2) is 11.5 Å². The second-order valence-corrected chi connectivity index (χ2v) is 7.33. The summed E-state index contributed by atoms with van der Waals surface area (Å²) in [7, 11) is 3.05. The van der Waals surface area contributed by atoms with E-state index in [1.165, 1.54) is 14.2 Å². The molecule has 2 atom stereocenters. The van der Waals surface area contributed by atoms with Crippen molar-refractivity contribution in [1.82, 2.24) is 15.2 Å². The number of methoxy groups -OCH3 is 2. The predicted molar refractivity (Wildman–Crippen MR) is 101 cm³/mol. The summed E-state index contributed by atoms with van der Waals surface area (Å²) in [5.41, 5.74) is 2.12. The third kappa shape index (κ3) is 2.90. The van der Waals surface area contributed by atoms with Gasteiger partial charge in [0.2, 0.25) is 5.91 Å². The second kappa shape index (κ2) is 7.11. The van der Waals surface area contributed by atoms with Crippen molar-refractivity contribution >= 4 is 23.6 Å². The van der Waals surface area contributed by atoms with Gasteiger partial charge < -0.3 is 19.7 Å². The zero-order valence-corrected chi connectivity index (χ0v) is 15.8. The molecule has 0 spiro atoms. The minimum Gasteiger partial charge on any atom is -0.493 e. The number of benzene rings is 1. The molecule has 7 nitrogen and oxygen atoms in total. The Morgan fingerprint density at radius 3 is 2.85 bits per heavy atom. The number of aromatic nitrogens is 1. The molecule has 140 valence electrons. The molecule has 27 heavy (non-hydrogen) atoms. The van der Waals surface area contributed by atoms with Crippen molar-refractivity contribution in [1.29, 1.82) is 0 Å². The van der Waals surface area contributed by atoms with E-state index in [0.29, 0.717) is 29.4 Å². The summed E-state index contributed by atoms with van der Waals surface area (Å²) in [5, 5.41) is 2.70. The van der Waals surface area contributed by atoms with Crippen LogP contribution in [0.1, 0.15) is 27.0 Å². The molecule has 0 radical (unpaired) electrons. The number of carbonyl (C=O) groups is 2. The molecule has 1 N–H and O–H groups in total. The number of amides is 2. The molecule has 2 aliphatic rings. The highest BCUT2D eigenvalue weighted by Gasteiger charge is 2.50. The van der Waals surface area contributed by atoms with Crippen molar-refractivity contribution in [2.24, 2.45) is 0 Å². The number of hydrogen-bond acceptors (Lipinski definition) is 6. The summed E-state index contributed by atoms with van der Waals surface area (Å²) in [6, 6.07) is 8.69. The van der Waals surface area contributed by atoms with E-state index in [9.17, 15) is 9.59 Å². The fourth-order valence-electron chi connectivity index (χ4n) is 3.49. The van der Waals surface area contributed by atoms with E-state index in [1.54, 1.807) is 28.9 Å². The van der Waals surface area contributed by atoms with Gasteiger partial charge in [-0.1, -0.05) is 12.1 Å². The Morgan fingerprint density at radius 2 is 2.15 bits per heavy atom. The Labute approximate surface area is 161 Å². The lowest BCUT2D eigenvalue weighted by Gasteiger charge is -2.22. The van der Waals surface area contributed by atoms with Gasteiger partial charge in [0.25, 0.3) is 5.91 Å². The number of carbonyl (C=O) groups excluding carboxylic acids is 2. The van der Waals surface area contributed by atoms with E-state index in [4.69, 9.17) is 9.47 Å². The molecule has 4 rings (SSSR count). The van der Waals surface area contributed by atoms with Gasteiger partial charge in [-0.2, -0.15) is 0 Å². The zero-order chi connectivity index (χ0) is 19.0. The fraction of sp³-hybridized carbons (Fsp3) is 0.316. The number of thioether (sulfide) groups is 1. The molecule has 3 heterocycles. The summed E-state index contributed by atoms with van der Waals surface area (Å²) in [5.74, 6) is 1.10. The Balaban J connectivity index is 1.56. The van der Waals surface area contributed by atoms with Gasteiger partial charge in [0, 0.05) is 17.5 Å². The summed E-state index contributed by atoms with van der Waals surface area (Å²) >= 11 is 1.58. The first kappa shape index (κ1) is 17.7. The van der Waals surface area contributed by atoms with Crippen LogP contribution in [0.2, 0.25) is 0 Å². The summed E-state index contributed by atoms with van der Waals surface area (Å²) < 4.78 is 10.7. The first-order valence-corrected chi connectivity index (χ1v) is 9.57. The highest BCUT2D eigenvalue weighted by atomic mass is 32.2. The van der Waals surface area contributed by atoms with Gasteiger partial charge in [-0.25, -0.2) is 0 Å². The normalized spacial score (nSPS) is 20.2. The van der Waals surface area contributed by atoms with Crippen LogP contribution in [-0.4, -0.2) is 47.7 Å². The number of nitrogens with zero attached hydrogens (tertiary/aromatic N) is 2.